The summed E-state index contributed by atoms with van der Waals surface area (Å²) in [6.07, 6.45) is 1.93. The number of rotatable bonds is 3. The Bertz CT molecular complexity index is 1010. The molecule has 26 heavy (non-hydrogen) atoms. The van der Waals surface area contributed by atoms with Gasteiger partial charge < -0.3 is 10.2 Å². The first-order chi connectivity index (χ1) is 12.5. The van der Waals surface area contributed by atoms with Crippen molar-refractivity contribution in [3.05, 3.63) is 57.9 Å². The van der Waals surface area contributed by atoms with E-state index in [4.69, 9.17) is 0 Å². The van der Waals surface area contributed by atoms with E-state index < -0.39 is 6.10 Å². The maximum atomic E-state index is 12.3. The first-order valence-electron chi connectivity index (χ1n) is 8.68. The molecule has 136 valence electrons. The van der Waals surface area contributed by atoms with Gasteiger partial charge in [0.25, 0.3) is 5.56 Å². The van der Waals surface area contributed by atoms with E-state index in [0.717, 1.165) is 25.2 Å². The van der Waals surface area contributed by atoms with E-state index in [2.05, 4.69) is 15.0 Å². The standard InChI is InChI=1S/C18H21N5O3/c1-12(24)15-9-14-11-21(5-3-7-23(14)20-15)10-13-8-17(26)22-6-2-4-16(25)18(22)19-13/h2,4,6,8-9,12,24-25H,3,5,7,10-11H2,1H3. The highest BCUT2D eigenvalue weighted by Gasteiger charge is 2.19. The average molecular weight is 355 g/mol. The van der Waals surface area contributed by atoms with Crippen LogP contribution in [0.25, 0.3) is 5.65 Å². The Labute approximate surface area is 150 Å². The van der Waals surface area contributed by atoms with Crippen LogP contribution in [0.4, 0.5) is 0 Å². The highest BCUT2D eigenvalue weighted by atomic mass is 16.3. The van der Waals surface area contributed by atoms with Crippen molar-refractivity contribution in [2.45, 2.75) is 39.1 Å². The van der Waals surface area contributed by atoms with E-state index in [1.807, 2.05) is 10.7 Å². The highest BCUT2D eigenvalue weighted by Crippen LogP contribution is 2.19. The molecular formula is C18H21N5O3. The number of aliphatic hydroxyl groups excluding tert-OH is 1. The van der Waals surface area contributed by atoms with Crippen LogP contribution in [0, 0.1) is 0 Å². The van der Waals surface area contributed by atoms with Crippen LogP contribution in [0.1, 0.15) is 36.5 Å². The summed E-state index contributed by atoms with van der Waals surface area (Å²) >= 11 is 0. The van der Waals surface area contributed by atoms with E-state index in [1.54, 1.807) is 19.2 Å². The number of aromatic nitrogens is 4. The van der Waals surface area contributed by atoms with Crippen LogP contribution in [0.3, 0.4) is 0 Å². The summed E-state index contributed by atoms with van der Waals surface area (Å²) in [4.78, 5) is 18.9. The van der Waals surface area contributed by atoms with Crippen molar-refractivity contribution >= 4 is 5.65 Å². The molecule has 2 N–H and O–H groups in total. The zero-order chi connectivity index (χ0) is 18.3. The van der Waals surface area contributed by atoms with Crippen molar-refractivity contribution in [3.8, 4) is 5.75 Å². The quantitative estimate of drug-likeness (QED) is 0.729. The fourth-order valence-electron chi connectivity index (χ4n) is 3.36. The predicted molar refractivity (Wildman–Crippen MR) is 94.7 cm³/mol. The Kier molecular flexibility index (Phi) is 4.21. The zero-order valence-electron chi connectivity index (χ0n) is 14.5. The number of fused-ring (bicyclic) bond motifs is 2. The average Bonchev–Trinajstić information content (AvgIpc) is 2.90. The summed E-state index contributed by atoms with van der Waals surface area (Å²) in [5.74, 6) is -0.0121. The second kappa shape index (κ2) is 6.54. The predicted octanol–water partition coefficient (Wildman–Crippen LogP) is 1.06. The van der Waals surface area contributed by atoms with Crippen LogP contribution in [-0.4, -0.2) is 40.8 Å². The van der Waals surface area contributed by atoms with Gasteiger partial charge in [-0.25, -0.2) is 4.98 Å². The van der Waals surface area contributed by atoms with Gasteiger partial charge in [0.1, 0.15) is 0 Å². The molecule has 8 nitrogen and oxygen atoms in total. The number of hydrogen-bond acceptors (Lipinski definition) is 6. The van der Waals surface area contributed by atoms with Crippen LogP contribution in [0.15, 0.2) is 35.3 Å². The molecule has 0 spiro atoms. The molecule has 3 aromatic heterocycles. The minimum atomic E-state index is -0.590. The molecule has 3 aromatic rings. The Morgan fingerprint density at radius 2 is 2.15 bits per heavy atom. The van der Waals surface area contributed by atoms with Crippen LogP contribution in [0.2, 0.25) is 0 Å². The summed E-state index contributed by atoms with van der Waals surface area (Å²) < 4.78 is 3.28. The van der Waals surface area contributed by atoms with Gasteiger partial charge >= 0.3 is 0 Å². The normalized spacial score (nSPS) is 16.4. The molecule has 0 bridgehead atoms. The molecule has 1 aliphatic heterocycles. The van der Waals surface area contributed by atoms with Crippen molar-refractivity contribution in [3.63, 3.8) is 0 Å². The lowest BCUT2D eigenvalue weighted by Crippen LogP contribution is -2.25. The van der Waals surface area contributed by atoms with Crippen LogP contribution in [0.5, 0.6) is 5.75 Å². The summed E-state index contributed by atoms with van der Waals surface area (Å²) in [7, 11) is 0. The monoisotopic (exact) mass is 355 g/mol. The zero-order valence-corrected chi connectivity index (χ0v) is 14.5. The van der Waals surface area contributed by atoms with E-state index >= 15 is 0 Å². The van der Waals surface area contributed by atoms with E-state index in [0.29, 0.717) is 24.5 Å². The van der Waals surface area contributed by atoms with Crippen molar-refractivity contribution in [2.24, 2.45) is 0 Å². The number of pyridine rings is 1. The number of aliphatic hydroxyl groups is 1. The molecule has 4 rings (SSSR count). The maximum Gasteiger partial charge on any atom is 0.258 e. The van der Waals surface area contributed by atoms with Gasteiger partial charge in [-0.15, -0.1) is 0 Å². The third-order valence-electron chi connectivity index (χ3n) is 4.65. The lowest BCUT2D eigenvalue weighted by atomic mass is 10.2. The third kappa shape index (κ3) is 3.09. The molecule has 0 saturated carbocycles. The second-order valence-corrected chi connectivity index (χ2v) is 6.70. The van der Waals surface area contributed by atoms with Gasteiger partial charge in [0.2, 0.25) is 0 Å². The van der Waals surface area contributed by atoms with Crippen LogP contribution in [-0.2, 0) is 19.6 Å². The van der Waals surface area contributed by atoms with Crippen molar-refractivity contribution < 1.29 is 10.2 Å². The van der Waals surface area contributed by atoms with Gasteiger partial charge in [-0.1, -0.05) is 0 Å². The third-order valence-corrected chi connectivity index (χ3v) is 4.65. The summed E-state index contributed by atoms with van der Waals surface area (Å²) in [6.45, 7) is 4.54. The van der Waals surface area contributed by atoms with Crippen molar-refractivity contribution in [1.82, 2.24) is 24.1 Å². The molecule has 0 aliphatic carbocycles. The molecule has 1 aliphatic rings. The smallest absolute Gasteiger partial charge is 0.258 e. The topological polar surface area (TPSA) is 95.9 Å². The van der Waals surface area contributed by atoms with Gasteiger partial charge in [-0.2, -0.15) is 5.10 Å². The van der Waals surface area contributed by atoms with Gasteiger partial charge in [0.05, 0.1) is 23.2 Å². The number of nitrogens with zero attached hydrogens (tertiary/aromatic N) is 5. The number of aromatic hydroxyl groups is 1. The Morgan fingerprint density at radius 1 is 1.31 bits per heavy atom. The molecule has 0 aromatic carbocycles. The van der Waals surface area contributed by atoms with Crippen LogP contribution < -0.4 is 5.56 Å². The Balaban J connectivity index is 1.61. The molecule has 0 fully saturated rings. The highest BCUT2D eigenvalue weighted by molar-refractivity contribution is 5.52. The Hall–Kier alpha value is -2.71. The van der Waals surface area contributed by atoms with Gasteiger partial charge in [0.15, 0.2) is 11.4 Å². The molecule has 8 heteroatoms. The summed E-state index contributed by atoms with van der Waals surface area (Å²) in [5, 5.41) is 24.2. The summed E-state index contributed by atoms with van der Waals surface area (Å²) in [5.41, 5.74) is 2.40. The molecular weight excluding hydrogens is 334 g/mol. The maximum absolute atomic E-state index is 12.3. The van der Waals surface area contributed by atoms with Gasteiger partial charge in [0, 0.05) is 38.4 Å². The summed E-state index contributed by atoms with van der Waals surface area (Å²) in [6, 6.07) is 6.57. The molecule has 0 saturated heterocycles. The van der Waals surface area contributed by atoms with E-state index in [1.165, 1.54) is 16.5 Å². The van der Waals surface area contributed by atoms with Gasteiger partial charge in [-0.05, 0) is 31.5 Å². The lowest BCUT2D eigenvalue weighted by molar-refractivity contribution is 0.193. The fourth-order valence-corrected chi connectivity index (χ4v) is 3.36. The van der Waals surface area contributed by atoms with E-state index in [9.17, 15) is 15.0 Å². The second-order valence-electron chi connectivity index (χ2n) is 6.70. The molecule has 1 unspecified atom stereocenters. The first-order valence-corrected chi connectivity index (χ1v) is 8.68. The number of aryl methyl sites for hydroxylation is 1. The van der Waals surface area contributed by atoms with E-state index in [-0.39, 0.29) is 17.0 Å². The lowest BCUT2D eigenvalue weighted by Gasteiger charge is -2.19. The van der Waals surface area contributed by atoms with Crippen LogP contribution >= 0.6 is 0 Å². The fraction of sp³-hybridized carbons (Fsp3) is 0.389. The SMILES string of the molecule is CC(O)c1cc2n(n1)CCCN(Cc1cc(=O)n3cccc(O)c3n1)C2. The Morgan fingerprint density at radius 3 is 2.96 bits per heavy atom. The minimum absolute atomic E-state index is 0.0121. The van der Waals surface area contributed by atoms with Crippen molar-refractivity contribution in [2.75, 3.05) is 6.54 Å². The molecule has 4 heterocycles. The molecule has 0 amide bonds. The largest absolute Gasteiger partial charge is 0.504 e. The molecule has 1 atom stereocenters. The first kappa shape index (κ1) is 16.7. The van der Waals surface area contributed by atoms with Crippen molar-refractivity contribution in [1.29, 1.82) is 0 Å². The van der Waals surface area contributed by atoms with Gasteiger partial charge in [-0.3, -0.25) is 18.8 Å². The minimum Gasteiger partial charge on any atom is -0.504 e. The molecule has 0 radical (unpaired) electrons. The number of hydrogen-bond donors (Lipinski definition) is 2.